The summed E-state index contributed by atoms with van der Waals surface area (Å²) in [6.45, 7) is 3.45. The minimum atomic E-state index is -1.04. The van der Waals surface area contributed by atoms with Gasteiger partial charge in [0.2, 0.25) is 0 Å². The van der Waals surface area contributed by atoms with Crippen molar-refractivity contribution in [1.29, 1.82) is 0 Å². The van der Waals surface area contributed by atoms with Gasteiger partial charge in [0.05, 0.1) is 0 Å². The summed E-state index contributed by atoms with van der Waals surface area (Å²) in [4.78, 5) is 21.5. The van der Waals surface area contributed by atoms with Crippen molar-refractivity contribution < 1.29 is 24.5 Å². The zero-order valence-corrected chi connectivity index (χ0v) is 11.5. The molecular formula is C15H18O5. The largest absolute Gasteiger partial charge is 0.482 e. The molecule has 0 bridgehead atoms. The van der Waals surface area contributed by atoms with E-state index in [1.165, 1.54) is 0 Å². The van der Waals surface area contributed by atoms with Gasteiger partial charge in [-0.2, -0.15) is 0 Å². The maximum atomic E-state index is 11.1. The van der Waals surface area contributed by atoms with Crippen LogP contribution in [0.4, 0.5) is 0 Å². The zero-order chi connectivity index (χ0) is 15.1. The van der Waals surface area contributed by atoms with Crippen LogP contribution < -0.4 is 4.74 Å². The van der Waals surface area contributed by atoms with Gasteiger partial charge in [0.25, 0.3) is 0 Å². The highest BCUT2D eigenvalue weighted by atomic mass is 16.5. The number of carboxylic acids is 2. The van der Waals surface area contributed by atoms with Crippen molar-refractivity contribution in [2.75, 3.05) is 6.61 Å². The molecular weight excluding hydrogens is 260 g/mol. The third-order valence-electron chi connectivity index (χ3n) is 2.49. The number of hydrogen-bond donors (Lipinski definition) is 2. The summed E-state index contributed by atoms with van der Waals surface area (Å²) < 4.78 is 5.01. The van der Waals surface area contributed by atoms with Crippen molar-refractivity contribution in [1.82, 2.24) is 0 Å². The summed E-state index contributed by atoms with van der Waals surface area (Å²) in [5.41, 5.74) is 1.18. The molecule has 1 aromatic rings. The van der Waals surface area contributed by atoms with Crippen LogP contribution >= 0.6 is 0 Å². The van der Waals surface area contributed by atoms with Gasteiger partial charge in [-0.25, -0.2) is 9.59 Å². The monoisotopic (exact) mass is 278 g/mol. The molecule has 0 aromatic heterocycles. The quantitative estimate of drug-likeness (QED) is 0.748. The van der Waals surface area contributed by atoms with Crippen LogP contribution in [0.1, 0.15) is 19.4 Å². The summed E-state index contributed by atoms with van der Waals surface area (Å²) in [7, 11) is 0. The van der Waals surface area contributed by atoms with Gasteiger partial charge in [0.15, 0.2) is 6.61 Å². The van der Waals surface area contributed by atoms with E-state index < -0.39 is 18.5 Å². The Bertz CT molecular complexity index is 500. The van der Waals surface area contributed by atoms with E-state index in [2.05, 4.69) is 0 Å². The molecule has 0 fully saturated rings. The van der Waals surface area contributed by atoms with Crippen LogP contribution in [0.2, 0.25) is 0 Å². The van der Waals surface area contributed by atoms with Crippen LogP contribution in [0.25, 0.3) is 0 Å². The summed E-state index contributed by atoms with van der Waals surface area (Å²) in [6.07, 6.45) is 2.05. The maximum absolute atomic E-state index is 11.1. The van der Waals surface area contributed by atoms with Gasteiger partial charge in [-0.1, -0.05) is 32.1 Å². The van der Waals surface area contributed by atoms with Crippen LogP contribution in [0.3, 0.4) is 0 Å². The van der Waals surface area contributed by atoms with Crippen molar-refractivity contribution in [3.05, 3.63) is 41.5 Å². The summed E-state index contributed by atoms with van der Waals surface area (Å²) in [5, 5.41) is 17.6. The van der Waals surface area contributed by atoms with E-state index >= 15 is 0 Å². The molecule has 108 valence electrons. The third kappa shape index (κ3) is 5.56. The SMILES string of the molecule is CC(C)C=C(Cc1ccc(OCC(=O)O)cc1)C(=O)O. The second-order valence-electron chi connectivity index (χ2n) is 4.74. The first kappa shape index (κ1) is 15.8. The number of carboxylic acid groups (broad SMARTS) is 2. The second kappa shape index (κ2) is 7.33. The number of rotatable bonds is 7. The molecule has 0 amide bonds. The fourth-order valence-corrected chi connectivity index (χ4v) is 1.68. The van der Waals surface area contributed by atoms with E-state index in [4.69, 9.17) is 14.9 Å². The molecule has 1 aromatic carbocycles. The standard InChI is InChI=1S/C15H18O5/c1-10(2)7-12(15(18)19)8-11-3-5-13(6-4-11)20-9-14(16)17/h3-7,10H,8-9H2,1-2H3,(H,16,17)(H,18,19). The van der Waals surface area contributed by atoms with Crippen molar-refractivity contribution in [2.45, 2.75) is 20.3 Å². The van der Waals surface area contributed by atoms with Crippen molar-refractivity contribution >= 4 is 11.9 Å². The summed E-state index contributed by atoms with van der Waals surface area (Å²) in [5.74, 6) is -1.35. The van der Waals surface area contributed by atoms with Gasteiger partial charge < -0.3 is 14.9 Å². The number of aliphatic carboxylic acids is 2. The lowest BCUT2D eigenvalue weighted by atomic mass is 10.0. The summed E-state index contributed by atoms with van der Waals surface area (Å²) in [6, 6.07) is 6.73. The molecule has 0 aliphatic rings. The first-order valence-electron chi connectivity index (χ1n) is 6.26. The Balaban J connectivity index is 2.73. The molecule has 0 unspecified atom stereocenters. The highest BCUT2D eigenvalue weighted by Crippen LogP contribution is 2.16. The van der Waals surface area contributed by atoms with Crippen LogP contribution in [-0.4, -0.2) is 28.8 Å². The zero-order valence-electron chi connectivity index (χ0n) is 11.5. The Hall–Kier alpha value is -2.30. The van der Waals surface area contributed by atoms with E-state index in [9.17, 15) is 9.59 Å². The minimum Gasteiger partial charge on any atom is -0.482 e. The number of carbonyl (C=O) groups is 2. The molecule has 20 heavy (non-hydrogen) atoms. The van der Waals surface area contributed by atoms with Crippen LogP contribution in [-0.2, 0) is 16.0 Å². The van der Waals surface area contributed by atoms with Crippen molar-refractivity contribution in [3.63, 3.8) is 0 Å². The van der Waals surface area contributed by atoms with Gasteiger partial charge in [-0.15, -0.1) is 0 Å². The predicted molar refractivity (Wildman–Crippen MR) is 73.8 cm³/mol. The molecule has 0 radical (unpaired) electrons. The second-order valence-corrected chi connectivity index (χ2v) is 4.74. The van der Waals surface area contributed by atoms with Gasteiger partial charge in [-0.3, -0.25) is 0 Å². The molecule has 0 aliphatic heterocycles. The van der Waals surface area contributed by atoms with E-state index in [0.29, 0.717) is 17.7 Å². The van der Waals surface area contributed by atoms with Gasteiger partial charge in [-0.05, 0) is 23.6 Å². The van der Waals surface area contributed by atoms with Gasteiger partial charge in [0, 0.05) is 12.0 Å². The highest BCUT2D eigenvalue weighted by molar-refractivity contribution is 5.87. The van der Waals surface area contributed by atoms with Crippen LogP contribution in [0.5, 0.6) is 5.75 Å². The average Bonchev–Trinajstić information content (AvgIpc) is 2.36. The molecule has 0 atom stereocenters. The Morgan fingerprint density at radius 3 is 2.25 bits per heavy atom. The smallest absolute Gasteiger partial charge is 0.341 e. The lowest BCUT2D eigenvalue weighted by Gasteiger charge is -2.07. The molecule has 2 N–H and O–H groups in total. The summed E-state index contributed by atoms with van der Waals surface area (Å²) >= 11 is 0. The fraction of sp³-hybridized carbons (Fsp3) is 0.333. The van der Waals surface area contributed by atoms with Gasteiger partial charge >= 0.3 is 11.9 Å². The van der Waals surface area contributed by atoms with Crippen molar-refractivity contribution in [3.8, 4) is 5.75 Å². The Labute approximate surface area is 117 Å². The number of allylic oxidation sites excluding steroid dienone is 1. The van der Waals surface area contributed by atoms with E-state index in [-0.39, 0.29) is 5.92 Å². The molecule has 1 rings (SSSR count). The minimum absolute atomic E-state index is 0.166. The lowest BCUT2D eigenvalue weighted by Crippen LogP contribution is -2.09. The first-order valence-corrected chi connectivity index (χ1v) is 6.26. The lowest BCUT2D eigenvalue weighted by molar-refractivity contribution is -0.139. The fourth-order valence-electron chi connectivity index (χ4n) is 1.68. The third-order valence-corrected chi connectivity index (χ3v) is 2.49. The topological polar surface area (TPSA) is 83.8 Å². The Kier molecular flexibility index (Phi) is 5.77. The van der Waals surface area contributed by atoms with E-state index in [1.54, 1.807) is 30.3 Å². The average molecular weight is 278 g/mol. The number of ether oxygens (including phenoxy) is 1. The molecule has 5 nitrogen and oxygen atoms in total. The molecule has 0 saturated heterocycles. The molecule has 0 saturated carbocycles. The van der Waals surface area contributed by atoms with Crippen LogP contribution in [0.15, 0.2) is 35.9 Å². The Morgan fingerprint density at radius 1 is 1.20 bits per heavy atom. The molecule has 0 aliphatic carbocycles. The normalized spacial score (nSPS) is 11.4. The predicted octanol–water partition coefficient (Wildman–Crippen LogP) is 2.36. The number of benzene rings is 1. The van der Waals surface area contributed by atoms with Crippen molar-refractivity contribution in [2.24, 2.45) is 5.92 Å². The van der Waals surface area contributed by atoms with E-state index in [1.807, 2.05) is 13.8 Å². The first-order chi connectivity index (χ1) is 9.38. The molecule has 0 heterocycles. The van der Waals surface area contributed by atoms with Crippen LogP contribution in [0, 0.1) is 5.92 Å². The maximum Gasteiger partial charge on any atom is 0.341 e. The molecule has 5 heteroatoms. The number of hydrogen-bond acceptors (Lipinski definition) is 3. The molecule has 0 spiro atoms. The highest BCUT2D eigenvalue weighted by Gasteiger charge is 2.09. The van der Waals surface area contributed by atoms with E-state index in [0.717, 1.165) is 5.56 Å². The Morgan fingerprint density at radius 2 is 1.80 bits per heavy atom. The van der Waals surface area contributed by atoms with Gasteiger partial charge in [0.1, 0.15) is 5.75 Å².